The van der Waals surface area contributed by atoms with E-state index >= 15 is 0 Å². The van der Waals surface area contributed by atoms with Crippen LogP contribution in [0.3, 0.4) is 0 Å². The Balaban J connectivity index is 2.12. The molecule has 1 atom stereocenters. The molecular formula is C13H13F2IN3P. The van der Waals surface area contributed by atoms with Crippen molar-refractivity contribution in [2.24, 2.45) is 0 Å². The minimum absolute atomic E-state index is 0.0782. The van der Waals surface area contributed by atoms with Gasteiger partial charge in [-0.3, -0.25) is 0 Å². The molecule has 3 rings (SSSR count). The third-order valence-electron chi connectivity index (χ3n) is 3.43. The second-order valence-electron chi connectivity index (χ2n) is 4.69. The van der Waals surface area contributed by atoms with Gasteiger partial charge in [0.25, 0.3) is 6.43 Å². The van der Waals surface area contributed by atoms with E-state index < -0.39 is 6.43 Å². The number of benzene rings is 1. The fourth-order valence-electron chi connectivity index (χ4n) is 2.47. The van der Waals surface area contributed by atoms with Gasteiger partial charge in [0.1, 0.15) is 0 Å². The maximum Gasteiger partial charge on any atom is 0.264 e. The average molecular weight is 407 g/mol. The van der Waals surface area contributed by atoms with Gasteiger partial charge in [0, 0.05) is 29.6 Å². The average Bonchev–Trinajstić information content (AvgIpc) is 2.94. The summed E-state index contributed by atoms with van der Waals surface area (Å²) in [6, 6.07) is 3.48. The number of alkyl halides is 2. The highest BCUT2D eigenvalue weighted by Crippen LogP contribution is 2.37. The van der Waals surface area contributed by atoms with E-state index in [0.717, 1.165) is 36.2 Å². The lowest BCUT2D eigenvalue weighted by Crippen LogP contribution is -2.12. The van der Waals surface area contributed by atoms with Gasteiger partial charge in [0.2, 0.25) is 0 Å². The molecule has 0 bridgehead atoms. The Kier molecular flexibility index (Phi) is 4.21. The molecule has 1 aromatic heterocycles. The summed E-state index contributed by atoms with van der Waals surface area (Å²) < 4.78 is 28.4. The zero-order chi connectivity index (χ0) is 14.1. The van der Waals surface area contributed by atoms with E-state index in [4.69, 9.17) is 0 Å². The molecule has 0 amide bonds. The number of anilines is 1. The number of aryl methyl sites for hydroxylation is 1. The normalized spacial score (nSPS) is 14.8. The van der Waals surface area contributed by atoms with Crippen LogP contribution in [0.2, 0.25) is 0 Å². The van der Waals surface area contributed by atoms with Gasteiger partial charge >= 0.3 is 0 Å². The monoisotopic (exact) mass is 407 g/mol. The first kappa shape index (κ1) is 14.2. The minimum atomic E-state index is -2.48. The summed E-state index contributed by atoms with van der Waals surface area (Å²) >= 11 is 2.21. The van der Waals surface area contributed by atoms with Crippen LogP contribution in [-0.2, 0) is 6.42 Å². The van der Waals surface area contributed by atoms with E-state index in [-0.39, 0.29) is 5.56 Å². The molecule has 0 saturated carbocycles. The number of hydrogen-bond donors (Lipinski definition) is 1. The molecule has 0 spiro atoms. The molecule has 7 heteroatoms. The zero-order valence-electron chi connectivity index (χ0n) is 10.5. The van der Waals surface area contributed by atoms with Gasteiger partial charge in [0.05, 0.1) is 12.6 Å². The largest absolute Gasteiger partial charge is 0.385 e. The number of halogens is 3. The van der Waals surface area contributed by atoms with E-state index in [2.05, 4.69) is 32.5 Å². The van der Waals surface area contributed by atoms with E-state index in [0.29, 0.717) is 11.9 Å². The summed E-state index contributed by atoms with van der Waals surface area (Å²) in [6.07, 6.45) is 3.45. The highest BCUT2D eigenvalue weighted by molar-refractivity contribution is 14.2. The summed E-state index contributed by atoms with van der Waals surface area (Å²) in [5.41, 5.74) is 3.40. The SMILES string of the molecule is FC(F)c1cc2c(cc1-c1cnn(PI)c1)CCCN2. The molecule has 1 aromatic carbocycles. The number of hydrogen-bond acceptors (Lipinski definition) is 2. The van der Waals surface area contributed by atoms with Crippen LogP contribution in [0, 0.1) is 0 Å². The predicted molar refractivity (Wildman–Crippen MR) is 87.2 cm³/mol. The molecule has 20 heavy (non-hydrogen) atoms. The van der Waals surface area contributed by atoms with Crippen LogP contribution in [0.25, 0.3) is 11.1 Å². The fourth-order valence-corrected chi connectivity index (χ4v) is 3.55. The van der Waals surface area contributed by atoms with Crippen molar-refractivity contribution in [3.63, 3.8) is 0 Å². The Labute approximate surface area is 130 Å². The Hall–Kier alpha value is -0.750. The zero-order valence-corrected chi connectivity index (χ0v) is 13.7. The Morgan fingerprint density at radius 2 is 2.25 bits per heavy atom. The summed E-state index contributed by atoms with van der Waals surface area (Å²) in [5, 5.41) is 7.38. The first-order chi connectivity index (χ1) is 9.69. The highest BCUT2D eigenvalue weighted by atomic mass is 127. The first-order valence-electron chi connectivity index (χ1n) is 6.29. The Morgan fingerprint density at radius 3 is 2.95 bits per heavy atom. The van der Waals surface area contributed by atoms with Crippen LogP contribution in [0.5, 0.6) is 0 Å². The number of aromatic nitrogens is 2. The number of rotatable bonds is 3. The van der Waals surface area contributed by atoms with E-state index in [1.54, 1.807) is 16.7 Å². The van der Waals surface area contributed by atoms with E-state index in [1.165, 1.54) is 0 Å². The molecular weight excluding hydrogens is 394 g/mol. The van der Waals surface area contributed by atoms with Gasteiger partial charge in [-0.1, -0.05) is 0 Å². The minimum Gasteiger partial charge on any atom is -0.385 e. The van der Waals surface area contributed by atoms with E-state index in [9.17, 15) is 8.78 Å². The van der Waals surface area contributed by atoms with Crippen molar-refractivity contribution in [2.75, 3.05) is 11.9 Å². The molecule has 2 heterocycles. The van der Waals surface area contributed by atoms with Crippen LogP contribution in [0.4, 0.5) is 14.5 Å². The van der Waals surface area contributed by atoms with Gasteiger partial charge in [-0.05, 0) is 58.1 Å². The molecule has 0 saturated heterocycles. The molecule has 3 nitrogen and oxygen atoms in total. The highest BCUT2D eigenvalue weighted by Gasteiger charge is 2.20. The Morgan fingerprint density at radius 1 is 1.40 bits per heavy atom. The van der Waals surface area contributed by atoms with Crippen molar-refractivity contribution in [1.82, 2.24) is 9.55 Å². The molecule has 1 unspecified atom stereocenters. The second kappa shape index (κ2) is 5.93. The third-order valence-corrected chi connectivity index (χ3v) is 5.33. The molecule has 0 fully saturated rings. The smallest absolute Gasteiger partial charge is 0.264 e. The summed E-state index contributed by atoms with van der Waals surface area (Å²) in [7, 11) is 0. The van der Waals surface area contributed by atoms with Gasteiger partial charge < -0.3 is 5.32 Å². The van der Waals surface area contributed by atoms with Gasteiger partial charge in [0.15, 0.2) is 0 Å². The second-order valence-corrected chi connectivity index (χ2v) is 6.76. The van der Waals surface area contributed by atoms with Crippen LogP contribution in [-0.4, -0.2) is 16.1 Å². The fraction of sp³-hybridized carbons (Fsp3) is 0.308. The lowest BCUT2D eigenvalue weighted by molar-refractivity contribution is 0.152. The third kappa shape index (κ3) is 2.68. The van der Waals surface area contributed by atoms with Crippen molar-refractivity contribution < 1.29 is 8.78 Å². The van der Waals surface area contributed by atoms with Crippen LogP contribution in [0.1, 0.15) is 24.0 Å². The molecule has 106 valence electrons. The number of nitrogens with zero attached hydrogens (tertiary/aromatic N) is 2. The van der Waals surface area contributed by atoms with Gasteiger partial charge in [-0.2, -0.15) is 5.10 Å². The van der Waals surface area contributed by atoms with Crippen molar-refractivity contribution in [2.45, 2.75) is 19.3 Å². The van der Waals surface area contributed by atoms with E-state index in [1.807, 2.05) is 12.3 Å². The summed E-state index contributed by atoms with van der Waals surface area (Å²) in [5.74, 6) is 0. The summed E-state index contributed by atoms with van der Waals surface area (Å²) in [6.45, 7) is 0.850. The predicted octanol–water partition coefficient (Wildman–Crippen LogP) is 4.64. The lowest BCUT2D eigenvalue weighted by atomic mass is 9.94. The standard InChI is InChI=1S/C13H13F2IN3P/c14-13(15)11-5-12-8(2-1-3-17-12)4-10(11)9-6-18-19(7-9)20-16/h4-7,13,17,20H,1-3H2. The molecule has 1 N–H and O–H groups in total. The molecule has 2 aromatic rings. The number of nitrogens with one attached hydrogen (secondary N) is 1. The van der Waals surface area contributed by atoms with Crippen LogP contribution < -0.4 is 5.32 Å². The number of fused-ring (bicyclic) bond motifs is 1. The maximum absolute atomic E-state index is 13.3. The maximum atomic E-state index is 13.3. The van der Waals surface area contributed by atoms with Crippen molar-refractivity contribution >= 4 is 34.1 Å². The molecule has 0 aliphatic carbocycles. The van der Waals surface area contributed by atoms with Crippen molar-refractivity contribution in [1.29, 1.82) is 0 Å². The van der Waals surface area contributed by atoms with Gasteiger partial charge in [-0.15, -0.1) is 0 Å². The van der Waals surface area contributed by atoms with Crippen molar-refractivity contribution in [3.8, 4) is 11.1 Å². The summed E-state index contributed by atoms with van der Waals surface area (Å²) in [4.78, 5) is 0. The lowest BCUT2D eigenvalue weighted by Gasteiger charge is -2.21. The van der Waals surface area contributed by atoms with Crippen LogP contribution >= 0.6 is 28.4 Å². The molecule has 1 aliphatic rings. The van der Waals surface area contributed by atoms with Crippen LogP contribution in [0.15, 0.2) is 24.5 Å². The van der Waals surface area contributed by atoms with Crippen molar-refractivity contribution in [3.05, 3.63) is 35.7 Å². The Bertz CT molecular complexity index is 630. The topological polar surface area (TPSA) is 29.9 Å². The quantitative estimate of drug-likeness (QED) is 0.594. The first-order valence-corrected chi connectivity index (χ1v) is 10.4. The molecule has 0 radical (unpaired) electrons. The van der Waals surface area contributed by atoms with Gasteiger partial charge in [-0.25, -0.2) is 13.2 Å². The molecule has 1 aliphatic heterocycles.